The van der Waals surface area contributed by atoms with Crippen LogP contribution >= 0.6 is 12.2 Å². The summed E-state index contributed by atoms with van der Waals surface area (Å²) in [7, 11) is 4.17. The van der Waals surface area contributed by atoms with Crippen LogP contribution in [0.25, 0.3) is 0 Å². The predicted molar refractivity (Wildman–Crippen MR) is 85.9 cm³/mol. The average molecular weight is 280 g/mol. The summed E-state index contributed by atoms with van der Waals surface area (Å²) in [5, 5.41) is 0. The molecule has 0 aromatic carbocycles. The Hall–Kier alpha value is -1.20. The molecule has 0 unspecified atom stereocenters. The minimum atomic E-state index is 0.423. The summed E-state index contributed by atoms with van der Waals surface area (Å²) < 4.78 is 0. The van der Waals surface area contributed by atoms with E-state index in [1.54, 1.807) is 0 Å². The summed E-state index contributed by atoms with van der Waals surface area (Å²) >= 11 is 5.16. The molecular formula is C14H24N4S. The first-order valence-electron chi connectivity index (χ1n) is 6.62. The van der Waals surface area contributed by atoms with Gasteiger partial charge in [-0.2, -0.15) is 0 Å². The third-order valence-electron chi connectivity index (χ3n) is 3.10. The van der Waals surface area contributed by atoms with Crippen molar-refractivity contribution < 1.29 is 0 Å². The zero-order valence-corrected chi connectivity index (χ0v) is 13.1. The maximum atomic E-state index is 5.84. The number of rotatable bonds is 7. The van der Waals surface area contributed by atoms with Gasteiger partial charge in [-0.05, 0) is 52.5 Å². The van der Waals surface area contributed by atoms with Crippen molar-refractivity contribution in [3.63, 3.8) is 0 Å². The van der Waals surface area contributed by atoms with Gasteiger partial charge >= 0.3 is 0 Å². The van der Waals surface area contributed by atoms with Crippen LogP contribution in [-0.4, -0.2) is 48.6 Å². The molecular weight excluding hydrogens is 256 g/mol. The number of aromatic nitrogens is 1. The van der Waals surface area contributed by atoms with Crippen molar-refractivity contribution in [2.75, 3.05) is 38.6 Å². The van der Waals surface area contributed by atoms with Gasteiger partial charge in [0.1, 0.15) is 10.8 Å². The summed E-state index contributed by atoms with van der Waals surface area (Å²) in [6.07, 6.45) is 2.91. The Morgan fingerprint density at radius 2 is 2.05 bits per heavy atom. The van der Waals surface area contributed by atoms with Crippen LogP contribution in [0, 0.1) is 6.92 Å². The Kier molecular flexibility index (Phi) is 6.18. The molecule has 0 spiro atoms. The summed E-state index contributed by atoms with van der Waals surface area (Å²) in [5.41, 5.74) is 7.83. The molecule has 0 aliphatic carbocycles. The van der Waals surface area contributed by atoms with Crippen LogP contribution in [0.3, 0.4) is 0 Å². The molecule has 1 rings (SSSR count). The number of thiocarbonyl (C=S) groups is 1. The summed E-state index contributed by atoms with van der Waals surface area (Å²) in [6, 6.07) is 1.95. The lowest BCUT2D eigenvalue weighted by atomic mass is 10.1. The van der Waals surface area contributed by atoms with Gasteiger partial charge in [0.05, 0.1) is 5.56 Å². The van der Waals surface area contributed by atoms with E-state index in [-0.39, 0.29) is 0 Å². The number of aryl methyl sites for hydroxylation is 1. The Morgan fingerprint density at radius 1 is 1.37 bits per heavy atom. The highest BCUT2D eigenvalue weighted by Gasteiger charge is 2.15. The standard InChI is InChI=1S/C14H24N4S/c1-5-18(10-6-9-17(3)4)14-12(13(15)19)11(2)7-8-16-14/h7-8H,5-6,9-10H2,1-4H3,(H2,15,19). The number of nitrogens with zero attached hydrogens (tertiary/aromatic N) is 3. The quantitative estimate of drug-likeness (QED) is 0.772. The van der Waals surface area contributed by atoms with Gasteiger partial charge in [-0.1, -0.05) is 12.2 Å². The number of hydrogen-bond donors (Lipinski definition) is 1. The smallest absolute Gasteiger partial charge is 0.139 e. The highest BCUT2D eigenvalue weighted by Crippen LogP contribution is 2.21. The zero-order valence-electron chi connectivity index (χ0n) is 12.3. The van der Waals surface area contributed by atoms with Gasteiger partial charge in [0.15, 0.2) is 0 Å². The zero-order chi connectivity index (χ0) is 14.4. The number of anilines is 1. The summed E-state index contributed by atoms with van der Waals surface area (Å²) in [6.45, 7) is 7.07. The second-order valence-electron chi connectivity index (χ2n) is 4.93. The molecule has 0 amide bonds. The Labute approximate surface area is 121 Å². The van der Waals surface area contributed by atoms with Crippen LogP contribution in [0.15, 0.2) is 12.3 Å². The van der Waals surface area contributed by atoms with Crippen molar-refractivity contribution in [1.29, 1.82) is 0 Å². The lowest BCUT2D eigenvalue weighted by Crippen LogP contribution is -2.30. The largest absolute Gasteiger partial charge is 0.389 e. The SMILES string of the molecule is CCN(CCCN(C)C)c1nccc(C)c1C(N)=S. The fraction of sp³-hybridized carbons (Fsp3) is 0.571. The maximum Gasteiger partial charge on any atom is 0.139 e. The van der Waals surface area contributed by atoms with Gasteiger partial charge in [-0.25, -0.2) is 4.98 Å². The van der Waals surface area contributed by atoms with E-state index in [9.17, 15) is 0 Å². The fourth-order valence-corrected chi connectivity index (χ4v) is 2.33. The minimum Gasteiger partial charge on any atom is -0.389 e. The van der Waals surface area contributed by atoms with Crippen molar-refractivity contribution in [3.05, 3.63) is 23.4 Å². The van der Waals surface area contributed by atoms with Crippen molar-refractivity contribution in [2.24, 2.45) is 5.73 Å². The van der Waals surface area contributed by atoms with Crippen LogP contribution in [0.4, 0.5) is 5.82 Å². The van der Waals surface area contributed by atoms with E-state index < -0.39 is 0 Å². The molecule has 0 aliphatic heterocycles. The van der Waals surface area contributed by atoms with E-state index in [0.29, 0.717) is 4.99 Å². The molecule has 1 aromatic heterocycles. The highest BCUT2D eigenvalue weighted by molar-refractivity contribution is 7.80. The third-order valence-corrected chi connectivity index (χ3v) is 3.30. The number of hydrogen-bond acceptors (Lipinski definition) is 4. The van der Waals surface area contributed by atoms with Crippen molar-refractivity contribution in [3.8, 4) is 0 Å². The minimum absolute atomic E-state index is 0.423. The fourth-order valence-electron chi connectivity index (χ4n) is 2.08. The lowest BCUT2D eigenvalue weighted by molar-refractivity contribution is 0.400. The monoisotopic (exact) mass is 280 g/mol. The molecule has 2 N–H and O–H groups in total. The number of pyridine rings is 1. The topological polar surface area (TPSA) is 45.4 Å². The van der Waals surface area contributed by atoms with E-state index in [4.69, 9.17) is 18.0 Å². The first kappa shape index (κ1) is 15.9. The van der Waals surface area contributed by atoms with Gasteiger partial charge in [0, 0.05) is 19.3 Å². The van der Waals surface area contributed by atoms with Gasteiger partial charge < -0.3 is 15.5 Å². The van der Waals surface area contributed by atoms with E-state index >= 15 is 0 Å². The van der Waals surface area contributed by atoms with Crippen LogP contribution in [0.2, 0.25) is 0 Å². The van der Waals surface area contributed by atoms with Crippen LogP contribution in [-0.2, 0) is 0 Å². The molecule has 5 heteroatoms. The van der Waals surface area contributed by atoms with Crippen molar-refractivity contribution in [1.82, 2.24) is 9.88 Å². The van der Waals surface area contributed by atoms with Crippen LogP contribution in [0.1, 0.15) is 24.5 Å². The van der Waals surface area contributed by atoms with E-state index in [1.165, 1.54) is 0 Å². The average Bonchev–Trinajstić information content (AvgIpc) is 2.33. The summed E-state index contributed by atoms with van der Waals surface area (Å²) in [4.78, 5) is 9.32. The highest BCUT2D eigenvalue weighted by atomic mass is 32.1. The second-order valence-corrected chi connectivity index (χ2v) is 5.37. The predicted octanol–water partition coefficient (Wildman–Crippen LogP) is 1.80. The van der Waals surface area contributed by atoms with E-state index in [0.717, 1.165) is 43.0 Å². The lowest BCUT2D eigenvalue weighted by Gasteiger charge is -2.25. The molecule has 0 saturated carbocycles. The van der Waals surface area contributed by atoms with Crippen LogP contribution in [0.5, 0.6) is 0 Å². The Morgan fingerprint density at radius 3 is 2.58 bits per heavy atom. The van der Waals surface area contributed by atoms with E-state index in [1.807, 2.05) is 19.2 Å². The maximum absolute atomic E-state index is 5.84. The van der Waals surface area contributed by atoms with E-state index in [2.05, 4.69) is 35.8 Å². The first-order valence-corrected chi connectivity index (χ1v) is 7.03. The summed E-state index contributed by atoms with van der Waals surface area (Å²) in [5.74, 6) is 0.911. The molecule has 0 aliphatic rings. The first-order chi connectivity index (χ1) is 8.97. The molecule has 1 heterocycles. The molecule has 0 fully saturated rings. The molecule has 106 valence electrons. The molecule has 19 heavy (non-hydrogen) atoms. The van der Waals surface area contributed by atoms with Gasteiger partial charge in [-0.3, -0.25) is 0 Å². The Balaban J connectivity index is 2.92. The van der Waals surface area contributed by atoms with Gasteiger partial charge in [-0.15, -0.1) is 0 Å². The van der Waals surface area contributed by atoms with Crippen molar-refractivity contribution >= 4 is 23.0 Å². The molecule has 0 atom stereocenters. The second kappa shape index (κ2) is 7.40. The molecule has 0 radical (unpaired) electrons. The van der Waals surface area contributed by atoms with Crippen LogP contribution < -0.4 is 10.6 Å². The van der Waals surface area contributed by atoms with Crippen molar-refractivity contribution in [2.45, 2.75) is 20.3 Å². The van der Waals surface area contributed by atoms with Gasteiger partial charge in [0.2, 0.25) is 0 Å². The molecule has 0 bridgehead atoms. The number of nitrogens with two attached hydrogens (primary N) is 1. The molecule has 4 nitrogen and oxygen atoms in total. The molecule has 0 saturated heterocycles. The third kappa shape index (κ3) is 4.44. The molecule has 1 aromatic rings. The van der Waals surface area contributed by atoms with Gasteiger partial charge in [0.25, 0.3) is 0 Å². The normalized spacial score (nSPS) is 10.8. The Bertz CT molecular complexity index is 431.